The number of sulfonamides is 1. The molecule has 3 rings (SSSR count). The van der Waals surface area contributed by atoms with Crippen molar-refractivity contribution in [3.63, 3.8) is 0 Å². The quantitative estimate of drug-likeness (QED) is 0.721. The van der Waals surface area contributed by atoms with Gasteiger partial charge in [-0.05, 0) is 52.7 Å². The molecule has 0 amide bonds. The molecular formula is C17H15BrClNO3S. The molecule has 7 heteroatoms. The zero-order valence-electron chi connectivity index (χ0n) is 12.9. The van der Waals surface area contributed by atoms with Crippen LogP contribution in [0.15, 0.2) is 45.8 Å². The Kier molecular flexibility index (Phi) is 4.84. The molecule has 0 aromatic heterocycles. The van der Waals surface area contributed by atoms with Gasteiger partial charge in [0.1, 0.15) is 0 Å². The predicted molar refractivity (Wildman–Crippen MR) is 96.9 cm³/mol. The number of hydrogen-bond acceptors (Lipinski definition) is 3. The van der Waals surface area contributed by atoms with Crippen molar-refractivity contribution in [1.82, 2.24) is 4.31 Å². The molecule has 0 radical (unpaired) electrons. The summed E-state index contributed by atoms with van der Waals surface area (Å²) in [6, 6.07) is 10.0. The Hall–Kier alpha value is -1.21. The normalized spacial score (nSPS) is 15.9. The van der Waals surface area contributed by atoms with Gasteiger partial charge >= 0.3 is 0 Å². The molecule has 1 aliphatic heterocycles. The van der Waals surface area contributed by atoms with Crippen molar-refractivity contribution in [2.24, 2.45) is 0 Å². The third kappa shape index (κ3) is 3.28. The van der Waals surface area contributed by atoms with Crippen molar-refractivity contribution < 1.29 is 13.2 Å². The minimum absolute atomic E-state index is 0.0963. The number of carbonyl (C=O) groups excluding carboxylic acids is 1. The van der Waals surface area contributed by atoms with Gasteiger partial charge in [0.15, 0.2) is 5.78 Å². The van der Waals surface area contributed by atoms with E-state index in [1.807, 2.05) is 6.92 Å². The maximum absolute atomic E-state index is 12.9. The molecule has 0 fully saturated rings. The Balaban J connectivity index is 2.02. The van der Waals surface area contributed by atoms with Gasteiger partial charge < -0.3 is 0 Å². The van der Waals surface area contributed by atoms with Gasteiger partial charge in [-0.25, -0.2) is 8.42 Å². The van der Waals surface area contributed by atoms with Crippen LogP contribution in [0, 0.1) is 6.92 Å². The molecule has 0 unspecified atom stereocenters. The third-order valence-electron chi connectivity index (χ3n) is 4.04. The summed E-state index contributed by atoms with van der Waals surface area (Å²) >= 11 is 9.40. The molecule has 0 atom stereocenters. The summed E-state index contributed by atoms with van der Waals surface area (Å²) in [5.74, 6) is -0.0963. The van der Waals surface area contributed by atoms with E-state index < -0.39 is 10.0 Å². The van der Waals surface area contributed by atoms with Crippen molar-refractivity contribution in [1.29, 1.82) is 0 Å². The number of rotatable bonds is 2. The number of fused-ring (bicyclic) bond motifs is 1. The SMILES string of the molecule is Cc1ccc(S(=O)(=O)N2CCC(=O)c3cc(Cl)c(Br)cc3C2)cc1. The van der Waals surface area contributed by atoms with E-state index in [2.05, 4.69) is 15.9 Å². The van der Waals surface area contributed by atoms with Crippen LogP contribution >= 0.6 is 27.5 Å². The Morgan fingerprint density at radius 1 is 1.17 bits per heavy atom. The molecule has 2 aromatic carbocycles. The Morgan fingerprint density at radius 3 is 2.50 bits per heavy atom. The lowest BCUT2D eigenvalue weighted by Crippen LogP contribution is -2.31. The molecule has 0 N–H and O–H groups in total. The maximum Gasteiger partial charge on any atom is 0.243 e. The first-order chi connectivity index (χ1) is 11.3. The van der Waals surface area contributed by atoms with Gasteiger partial charge in [0.2, 0.25) is 10.0 Å². The van der Waals surface area contributed by atoms with Gasteiger partial charge in [-0.15, -0.1) is 0 Å². The summed E-state index contributed by atoms with van der Waals surface area (Å²) < 4.78 is 27.8. The molecule has 1 heterocycles. The van der Waals surface area contributed by atoms with Crippen molar-refractivity contribution in [2.45, 2.75) is 24.8 Å². The van der Waals surface area contributed by atoms with Gasteiger partial charge in [-0.2, -0.15) is 4.31 Å². The van der Waals surface area contributed by atoms with Crippen molar-refractivity contribution in [3.8, 4) is 0 Å². The first-order valence-corrected chi connectivity index (χ1v) is 9.98. The monoisotopic (exact) mass is 427 g/mol. The van der Waals surface area contributed by atoms with Gasteiger partial charge in [0.25, 0.3) is 0 Å². The minimum atomic E-state index is -3.66. The smallest absolute Gasteiger partial charge is 0.243 e. The Morgan fingerprint density at radius 2 is 1.83 bits per heavy atom. The van der Waals surface area contributed by atoms with Crippen LogP contribution in [-0.2, 0) is 16.6 Å². The Labute approximate surface area is 154 Å². The van der Waals surface area contributed by atoms with Crippen LogP contribution in [0.5, 0.6) is 0 Å². The molecule has 0 saturated carbocycles. The number of halogens is 2. The number of hydrogen-bond donors (Lipinski definition) is 0. The molecule has 0 saturated heterocycles. The number of aryl methyl sites for hydroxylation is 1. The van der Waals surface area contributed by atoms with Crippen LogP contribution < -0.4 is 0 Å². The number of nitrogens with zero attached hydrogens (tertiary/aromatic N) is 1. The molecule has 0 aliphatic carbocycles. The average molecular weight is 429 g/mol. The zero-order valence-corrected chi connectivity index (χ0v) is 16.1. The zero-order chi connectivity index (χ0) is 17.5. The highest BCUT2D eigenvalue weighted by Gasteiger charge is 2.30. The number of ketones is 1. The van der Waals surface area contributed by atoms with E-state index in [-0.39, 0.29) is 30.2 Å². The molecule has 0 bridgehead atoms. The van der Waals surface area contributed by atoms with E-state index >= 15 is 0 Å². The van der Waals surface area contributed by atoms with Gasteiger partial charge in [-0.3, -0.25) is 4.79 Å². The Bertz CT molecular complexity index is 910. The molecule has 2 aromatic rings. The number of carbonyl (C=O) groups is 1. The standard InChI is InChI=1S/C17H15BrClNO3S/c1-11-2-4-13(5-3-11)24(22,23)20-7-6-17(21)14-9-16(19)15(18)8-12(14)10-20/h2-5,8-9H,6-7,10H2,1H3. The molecule has 4 nitrogen and oxygen atoms in total. The average Bonchev–Trinajstić information content (AvgIpc) is 2.69. The second kappa shape index (κ2) is 6.59. The second-order valence-electron chi connectivity index (χ2n) is 5.75. The summed E-state index contributed by atoms with van der Waals surface area (Å²) in [6.07, 6.45) is 0.135. The lowest BCUT2D eigenvalue weighted by atomic mass is 10.0. The third-order valence-corrected chi connectivity index (χ3v) is 7.10. The van der Waals surface area contributed by atoms with E-state index in [0.717, 1.165) is 5.56 Å². The first kappa shape index (κ1) is 17.6. The number of Topliss-reactive ketones (excluding diaryl/α,β-unsaturated/α-hetero) is 1. The van der Waals surface area contributed by atoms with Crippen LogP contribution in [0.25, 0.3) is 0 Å². The van der Waals surface area contributed by atoms with Crippen LogP contribution in [0.4, 0.5) is 0 Å². The molecule has 0 spiro atoms. The van der Waals surface area contributed by atoms with Crippen molar-refractivity contribution in [2.75, 3.05) is 6.54 Å². The topological polar surface area (TPSA) is 54.5 Å². The van der Waals surface area contributed by atoms with Gasteiger partial charge in [0.05, 0.1) is 9.92 Å². The molecular weight excluding hydrogens is 414 g/mol. The second-order valence-corrected chi connectivity index (χ2v) is 8.95. The molecule has 126 valence electrons. The van der Waals surface area contributed by atoms with E-state index in [1.165, 1.54) is 4.31 Å². The summed E-state index contributed by atoms with van der Waals surface area (Å²) in [5.41, 5.74) is 2.14. The van der Waals surface area contributed by atoms with E-state index in [0.29, 0.717) is 20.6 Å². The number of benzene rings is 2. The van der Waals surface area contributed by atoms with Gasteiger partial charge in [0, 0.05) is 29.5 Å². The van der Waals surface area contributed by atoms with Crippen molar-refractivity contribution >= 4 is 43.3 Å². The van der Waals surface area contributed by atoms with E-state index in [1.54, 1.807) is 36.4 Å². The van der Waals surface area contributed by atoms with Crippen LogP contribution in [0.1, 0.15) is 27.9 Å². The van der Waals surface area contributed by atoms with Crippen LogP contribution in [0.3, 0.4) is 0 Å². The van der Waals surface area contributed by atoms with Crippen LogP contribution in [-0.4, -0.2) is 25.1 Å². The fourth-order valence-electron chi connectivity index (χ4n) is 2.67. The van der Waals surface area contributed by atoms with E-state index in [4.69, 9.17) is 11.6 Å². The van der Waals surface area contributed by atoms with Crippen LogP contribution in [0.2, 0.25) is 5.02 Å². The molecule has 1 aliphatic rings. The predicted octanol–water partition coefficient (Wildman–Crippen LogP) is 4.19. The fourth-order valence-corrected chi connectivity index (χ4v) is 4.65. The summed E-state index contributed by atoms with van der Waals surface area (Å²) in [5, 5.41) is 0.442. The summed E-state index contributed by atoms with van der Waals surface area (Å²) in [6.45, 7) is 2.20. The lowest BCUT2D eigenvalue weighted by molar-refractivity contribution is 0.0981. The van der Waals surface area contributed by atoms with Crippen molar-refractivity contribution in [3.05, 3.63) is 62.6 Å². The maximum atomic E-state index is 12.9. The van der Waals surface area contributed by atoms with E-state index in [9.17, 15) is 13.2 Å². The summed E-state index contributed by atoms with van der Waals surface area (Å²) in [7, 11) is -3.66. The summed E-state index contributed by atoms with van der Waals surface area (Å²) in [4.78, 5) is 12.6. The minimum Gasteiger partial charge on any atom is -0.294 e. The largest absolute Gasteiger partial charge is 0.294 e. The van der Waals surface area contributed by atoms with Gasteiger partial charge in [-0.1, -0.05) is 29.3 Å². The fraction of sp³-hybridized carbons (Fsp3) is 0.235. The lowest BCUT2D eigenvalue weighted by Gasteiger charge is -2.20. The first-order valence-electron chi connectivity index (χ1n) is 7.37. The highest BCUT2D eigenvalue weighted by Crippen LogP contribution is 2.31. The highest BCUT2D eigenvalue weighted by atomic mass is 79.9. The highest BCUT2D eigenvalue weighted by molar-refractivity contribution is 9.10. The molecule has 24 heavy (non-hydrogen) atoms.